The van der Waals surface area contributed by atoms with E-state index in [0.29, 0.717) is 25.6 Å². The number of aromatic nitrogens is 3. The van der Waals surface area contributed by atoms with E-state index >= 15 is 0 Å². The molecule has 2 heterocycles. The van der Waals surface area contributed by atoms with E-state index in [1.165, 1.54) is 0 Å². The topological polar surface area (TPSA) is 72.3 Å². The Labute approximate surface area is 183 Å². The lowest BCUT2D eigenvalue weighted by atomic mass is 9.96. The van der Waals surface area contributed by atoms with Crippen molar-refractivity contribution in [2.75, 3.05) is 19.7 Å². The van der Waals surface area contributed by atoms with E-state index in [4.69, 9.17) is 4.74 Å². The Morgan fingerprint density at radius 1 is 1.10 bits per heavy atom. The number of ether oxygens (including phenoxy) is 1. The minimum atomic E-state index is -0.221. The Balaban J connectivity index is 1.46. The highest BCUT2D eigenvalue weighted by Crippen LogP contribution is 2.28. The number of carbonyl (C=O) groups excluding carboxylic acids is 1. The van der Waals surface area contributed by atoms with Gasteiger partial charge in [0.15, 0.2) is 0 Å². The number of nitrogens with zero attached hydrogens (tertiary/aromatic N) is 4. The number of hydrogen-bond acceptors (Lipinski definition) is 4. The summed E-state index contributed by atoms with van der Waals surface area (Å²) in [4.78, 5) is 15.0. The van der Waals surface area contributed by atoms with Crippen LogP contribution >= 0.6 is 0 Å². The minimum absolute atomic E-state index is 0.0425. The molecule has 1 unspecified atom stereocenters. The highest BCUT2D eigenvalue weighted by atomic mass is 16.5. The van der Waals surface area contributed by atoms with Crippen LogP contribution < -0.4 is 10.1 Å². The van der Waals surface area contributed by atoms with Gasteiger partial charge in [0.25, 0.3) is 0 Å². The molecule has 1 fully saturated rings. The lowest BCUT2D eigenvalue weighted by Crippen LogP contribution is -2.45. The fraction of sp³-hybridized carbons (Fsp3) is 0.375. The van der Waals surface area contributed by atoms with Crippen LogP contribution in [0.3, 0.4) is 0 Å². The van der Waals surface area contributed by atoms with Crippen LogP contribution in [0.2, 0.25) is 0 Å². The molecule has 1 aromatic heterocycles. The second-order valence-corrected chi connectivity index (χ2v) is 7.86. The van der Waals surface area contributed by atoms with E-state index in [1.807, 2.05) is 78.0 Å². The molecule has 1 N–H and O–H groups in total. The maximum atomic E-state index is 13.1. The molecular weight excluding hydrogens is 390 g/mol. The van der Waals surface area contributed by atoms with Crippen LogP contribution in [0.1, 0.15) is 48.7 Å². The molecule has 7 heteroatoms. The maximum Gasteiger partial charge on any atom is 0.318 e. The summed E-state index contributed by atoms with van der Waals surface area (Å²) in [6.07, 6.45) is 3.51. The summed E-state index contributed by atoms with van der Waals surface area (Å²) >= 11 is 0. The van der Waals surface area contributed by atoms with Crippen molar-refractivity contribution in [1.82, 2.24) is 25.0 Å². The molecule has 0 aliphatic carbocycles. The third kappa shape index (κ3) is 4.87. The molecule has 2 amide bonds. The smallest absolute Gasteiger partial charge is 0.318 e. The second kappa shape index (κ2) is 9.64. The summed E-state index contributed by atoms with van der Waals surface area (Å²) < 4.78 is 7.53. The van der Waals surface area contributed by atoms with Crippen molar-refractivity contribution in [2.45, 2.75) is 31.7 Å². The molecule has 31 heavy (non-hydrogen) atoms. The lowest BCUT2D eigenvalue weighted by Gasteiger charge is -2.33. The third-order valence-corrected chi connectivity index (χ3v) is 5.82. The van der Waals surface area contributed by atoms with Crippen molar-refractivity contribution < 1.29 is 9.53 Å². The zero-order valence-electron chi connectivity index (χ0n) is 18.1. The highest BCUT2D eigenvalue weighted by molar-refractivity contribution is 5.75. The molecule has 1 aliphatic heterocycles. The van der Waals surface area contributed by atoms with Crippen LogP contribution in [0.15, 0.2) is 60.9 Å². The Morgan fingerprint density at radius 2 is 1.77 bits per heavy atom. The first-order valence-corrected chi connectivity index (χ1v) is 10.8. The SMILES string of the molecule is CCOc1ccc(C(NC(=O)N2CCC(c3nncn3C)CC2)c2ccccc2)cc1. The largest absolute Gasteiger partial charge is 0.494 e. The van der Waals surface area contributed by atoms with Gasteiger partial charge in [0, 0.05) is 26.1 Å². The summed E-state index contributed by atoms with van der Waals surface area (Å²) in [6.45, 7) is 4.00. The van der Waals surface area contributed by atoms with E-state index in [1.54, 1.807) is 6.33 Å². The Bertz CT molecular complexity index is 979. The van der Waals surface area contributed by atoms with Crippen LogP contribution in [0.5, 0.6) is 5.75 Å². The van der Waals surface area contributed by atoms with Gasteiger partial charge in [-0.25, -0.2) is 4.79 Å². The van der Waals surface area contributed by atoms with Gasteiger partial charge in [0.05, 0.1) is 12.6 Å². The average molecular weight is 420 g/mol. The van der Waals surface area contributed by atoms with Gasteiger partial charge in [-0.15, -0.1) is 10.2 Å². The molecule has 4 rings (SSSR count). The Hall–Kier alpha value is -3.35. The molecule has 0 saturated carbocycles. The Morgan fingerprint density at radius 3 is 2.39 bits per heavy atom. The molecule has 1 saturated heterocycles. The van der Waals surface area contributed by atoms with E-state index < -0.39 is 0 Å². The van der Waals surface area contributed by atoms with Crippen molar-refractivity contribution in [1.29, 1.82) is 0 Å². The zero-order valence-corrected chi connectivity index (χ0v) is 18.1. The fourth-order valence-electron chi connectivity index (χ4n) is 4.15. The molecule has 0 bridgehead atoms. The van der Waals surface area contributed by atoms with Crippen molar-refractivity contribution in [3.8, 4) is 5.75 Å². The number of aryl methyl sites for hydroxylation is 1. The van der Waals surface area contributed by atoms with Gasteiger partial charge in [-0.1, -0.05) is 42.5 Å². The third-order valence-electron chi connectivity index (χ3n) is 5.82. The van der Waals surface area contributed by atoms with Gasteiger partial charge in [-0.3, -0.25) is 0 Å². The molecule has 0 radical (unpaired) electrons. The molecule has 7 nitrogen and oxygen atoms in total. The number of nitrogens with one attached hydrogen (secondary N) is 1. The summed E-state index contributed by atoms with van der Waals surface area (Å²) in [6, 6.07) is 17.7. The minimum Gasteiger partial charge on any atom is -0.494 e. The first-order valence-electron chi connectivity index (χ1n) is 10.8. The lowest BCUT2D eigenvalue weighted by molar-refractivity contribution is 0.177. The number of carbonyl (C=O) groups is 1. The summed E-state index contributed by atoms with van der Waals surface area (Å²) in [5, 5.41) is 11.5. The maximum absolute atomic E-state index is 13.1. The molecule has 1 atom stereocenters. The predicted molar refractivity (Wildman–Crippen MR) is 119 cm³/mol. The van der Waals surface area contributed by atoms with E-state index in [9.17, 15) is 4.79 Å². The van der Waals surface area contributed by atoms with Gasteiger partial charge >= 0.3 is 6.03 Å². The fourth-order valence-corrected chi connectivity index (χ4v) is 4.15. The number of rotatable bonds is 6. The molecular formula is C24H29N5O2. The van der Waals surface area contributed by atoms with E-state index in [2.05, 4.69) is 15.5 Å². The standard InChI is InChI=1S/C24H29N5O2/c1-3-31-21-11-9-19(10-12-21)22(18-7-5-4-6-8-18)26-24(30)29-15-13-20(14-16-29)23-27-25-17-28(23)2/h4-12,17,20,22H,3,13-16H2,1-2H3,(H,26,30). The highest BCUT2D eigenvalue weighted by Gasteiger charge is 2.28. The average Bonchev–Trinajstić information content (AvgIpc) is 3.25. The quantitative estimate of drug-likeness (QED) is 0.658. The number of piperidine rings is 1. The summed E-state index contributed by atoms with van der Waals surface area (Å²) in [7, 11) is 1.97. The molecule has 2 aromatic carbocycles. The van der Waals surface area contributed by atoms with Crippen molar-refractivity contribution in [3.63, 3.8) is 0 Å². The van der Waals surface area contributed by atoms with Crippen LogP contribution in [0.4, 0.5) is 4.79 Å². The number of likely N-dealkylation sites (tertiary alicyclic amines) is 1. The summed E-state index contributed by atoms with van der Waals surface area (Å²) in [5.74, 6) is 2.17. The van der Waals surface area contributed by atoms with Gasteiger partial charge in [0.1, 0.15) is 17.9 Å². The van der Waals surface area contributed by atoms with Crippen molar-refractivity contribution in [3.05, 3.63) is 77.9 Å². The first-order chi connectivity index (χ1) is 15.2. The second-order valence-electron chi connectivity index (χ2n) is 7.86. The number of hydrogen-bond donors (Lipinski definition) is 1. The normalized spacial score (nSPS) is 15.5. The molecule has 0 spiro atoms. The van der Waals surface area contributed by atoms with Crippen LogP contribution in [-0.2, 0) is 7.05 Å². The number of amides is 2. The van der Waals surface area contributed by atoms with Crippen LogP contribution in [0, 0.1) is 0 Å². The van der Waals surface area contributed by atoms with Crippen molar-refractivity contribution >= 4 is 6.03 Å². The molecule has 3 aromatic rings. The van der Waals surface area contributed by atoms with Crippen molar-refractivity contribution in [2.24, 2.45) is 7.05 Å². The number of benzene rings is 2. The molecule has 1 aliphatic rings. The number of urea groups is 1. The first kappa shape index (κ1) is 20.9. The van der Waals surface area contributed by atoms with Crippen LogP contribution in [0.25, 0.3) is 0 Å². The monoisotopic (exact) mass is 419 g/mol. The van der Waals surface area contributed by atoms with Gasteiger partial charge in [0.2, 0.25) is 0 Å². The Kier molecular flexibility index (Phi) is 6.50. The van der Waals surface area contributed by atoms with E-state index in [0.717, 1.165) is 35.5 Å². The summed E-state index contributed by atoms with van der Waals surface area (Å²) in [5.41, 5.74) is 2.07. The molecule has 162 valence electrons. The van der Waals surface area contributed by atoms with Gasteiger partial charge < -0.3 is 19.5 Å². The van der Waals surface area contributed by atoms with E-state index in [-0.39, 0.29) is 12.1 Å². The van der Waals surface area contributed by atoms with Gasteiger partial charge in [-0.2, -0.15) is 0 Å². The predicted octanol–water partition coefficient (Wildman–Crippen LogP) is 3.89. The van der Waals surface area contributed by atoms with Crippen LogP contribution in [-0.4, -0.2) is 45.4 Å². The zero-order chi connectivity index (χ0) is 21.6. The van der Waals surface area contributed by atoms with Gasteiger partial charge in [-0.05, 0) is 43.0 Å².